The van der Waals surface area contributed by atoms with Crippen LogP contribution in [0.4, 0.5) is 10.6 Å². The summed E-state index contributed by atoms with van der Waals surface area (Å²) in [5, 5.41) is 3.12. The van der Waals surface area contributed by atoms with Crippen molar-refractivity contribution in [2.75, 3.05) is 4.90 Å². The number of rotatable bonds is 2. The first-order valence-corrected chi connectivity index (χ1v) is 6.30. The highest BCUT2D eigenvalue weighted by Crippen LogP contribution is 2.32. The summed E-state index contributed by atoms with van der Waals surface area (Å²) in [7, 11) is 0. The molecule has 5 nitrogen and oxygen atoms in total. The van der Waals surface area contributed by atoms with Crippen LogP contribution in [0.1, 0.15) is 27.7 Å². The van der Waals surface area contributed by atoms with Gasteiger partial charge in [0.1, 0.15) is 5.82 Å². The van der Waals surface area contributed by atoms with E-state index in [1.54, 1.807) is 17.2 Å². The van der Waals surface area contributed by atoms with Crippen molar-refractivity contribution >= 4 is 23.4 Å². The molecular formula is C12H17ClN4O. The Balaban J connectivity index is 2.45. The van der Waals surface area contributed by atoms with E-state index in [4.69, 9.17) is 11.6 Å². The molecule has 1 aromatic rings. The minimum absolute atomic E-state index is 0.0240. The summed E-state index contributed by atoms with van der Waals surface area (Å²) in [4.78, 5) is 21.8. The standard InChI is InChI=1S/C12H17ClN4O/c1-7(2)9-12(3,4)16-11(18)17(9)8-5-6-14-10(13)15-8/h5-7,9H,1-4H3,(H,16,18)/t9-/m0/s1. The van der Waals surface area contributed by atoms with Crippen LogP contribution in [0.15, 0.2) is 12.3 Å². The Kier molecular flexibility index (Phi) is 3.19. The van der Waals surface area contributed by atoms with Gasteiger partial charge in [-0.2, -0.15) is 0 Å². The second-order valence-electron chi connectivity index (χ2n) is 5.39. The van der Waals surface area contributed by atoms with Crippen molar-refractivity contribution in [1.29, 1.82) is 0 Å². The SMILES string of the molecule is CC(C)[C@@H]1N(c2ccnc(Cl)n2)C(=O)NC1(C)C. The van der Waals surface area contributed by atoms with Crippen molar-refractivity contribution in [1.82, 2.24) is 15.3 Å². The number of aromatic nitrogens is 2. The molecule has 1 saturated heterocycles. The lowest BCUT2D eigenvalue weighted by Gasteiger charge is -2.33. The van der Waals surface area contributed by atoms with Gasteiger partial charge in [-0.15, -0.1) is 0 Å². The molecule has 1 aliphatic rings. The average Bonchev–Trinajstić information content (AvgIpc) is 2.47. The first-order chi connectivity index (χ1) is 8.33. The van der Waals surface area contributed by atoms with E-state index < -0.39 is 0 Å². The van der Waals surface area contributed by atoms with E-state index in [2.05, 4.69) is 29.1 Å². The number of halogens is 1. The van der Waals surface area contributed by atoms with Crippen LogP contribution < -0.4 is 10.2 Å². The van der Waals surface area contributed by atoms with Gasteiger partial charge in [-0.25, -0.2) is 14.8 Å². The molecule has 0 aliphatic carbocycles. The van der Waals surface area contributed by atoms with Crippen LogP contribution in [0.3, 0.4) is 0 Å². The van der Waals surface area contributed by atoms with E-state index in [9.17, 15) is 4.79 Å². The molecule has 0 unspecified atom stereocenters. The van der Waals surface area contributed by atoms with E-state index >= 15 is 0 Å². The molecule has 2 heterocycles. The minimum Gasteiger partial charge on any atom is -0.331 e. The number of nitrogens with zero attached hydrogens (tertiary/aromatic N) is 3. The van der Waals surface area contributed by atoms with Crippen LogP contribution in [-0.4, -0.2) is 27.6 Å². The Morgan fingerprint density at radius 2 is 2.17 bits per heavy atom. The molecule has 0 aromatic carbocycles. The first-order valence-electron chi connectivity index (χ1n) is 5.93. The summed E-state index contributed by atoms with van der Waals surface area (Å²) in [5.41, 5.74) is -0.303. The van der Waals surface area contributed by atoms with Gasteiger partial charge >= 0.3 is 6.03 Å². The summed E-state index contributed by atoms with van der Waals surface area (Å²) in [5.74, 6) is 0.837. The molecule has 0 saturated carbocycles. The Hall–Kier alpha value is -1.36. The van der Waals surface area contributed by atoms with Crippen LogP contribution in [-0.2, 0) is 0 Å². The molecule has 98 valence electrons. The molecule has 2 rings (SSSR count). The Labute approximate surface area is 112 Å². The van der Waals surface area contributed by atoms with E-state index in [1.807, 2.05) is 13.8 Å². The zero-order chi connectivity index (χ0) is 13.5. The molecule has 1 N–H and O–H groups in total. The monoisotopic (exact) mass is 268 g/mol. The highest BCUT2D eigenvalue weighted by Gasteiger charge is 2.47. The van der Waals surface area contributed by atoms with E-state index in [0.717, 1.165) is 0 Å². The van der Waals surface area contributed by atoms with Crippen molar-refractivity contribution < 1.29 is 4.79 Å². The summed E-state index contributed by atoms with van der Waals surface area (Å²) < 4.78 is 0. The smallest absolute Gasteiger partial charge is 0.323 e. The second-order valence-corrected chi connectivity index (χ2v) is 5.73. The quantitative estimate of drug-likeness (QED) is 0.839. The third kappa shape index (κ3) is 2.14. The fraction of sp³-hybridized carbons (Fsp3) is 0.583. The lowest BCUT2D eigenvalue weighted by atomic mass is 9.87. The fourth-order valence-corrected chi connectivity index (χ4v) is 2.84. The highest BCUT2D eigenvalue weighted by atomic mass is 35.5. The molecule has 2 amide bonds. The zero-order valence-electron chi connectivity index (χ0n) is 10.9. The van der Waals surface area contributed by atoms with Gasteiger partial charge in [0.15, 0.2) is 0 Å². The predicted octanol–water partition coefficient (Wildman–Crippen LogP) is 2.46. The van der Waals surface area contributed by atoms with Gasteiger partial charge in [0.05, 0.1) is 11.6 Å². The summed E-state index contributed by atoms with van der Waals surface area (Å²) >= 11 is 5.79. The molecule has 1 aromatic heterocycles. The van der Waals surface area contributed by atoms with Crippen LogP contribution >= 0.6 is 11.6 Å². The topological polar surface area (TPSA) is 58.1 Å². The number of carbonyl (C=O) groups is 1. The minimum atomic E-state index is -0.303. The molecular weight excluding hydrogens is 252 g/mol. The fourth-order valence-electron chi connectivity index (χ4n) is 2.70. The number of carbonyl (C=O) groups excluding carboxylic acids is 1. The van der Waals surface area contributed by atoms with Crippen LogP contribution in [0, 0.1) is 5.92 Å². The van der Waals surface area contributed by atoms with E-state index in [-0.39, 0.29) is 22.9 Å². The van der Waals surface area contributed by atoms with Crippen molar-refractivity contribution in [2.45, 2.75) is 39.3 Å². The van der Waals surface area contributed by atoms with Gasteiger partial charge < -0.3 is 5.32 Å². The second kappa shape index (κ2) is 4.39. The van der Waals surface area contributed by atoms with Crippen LogP contribution in [0.25, 0.3) is 0 Å². The van der Waals surface area contributed by atoms with E-state index in [1.165, 1.54) is 0 Å². The summed E-state index contributed by atoms with van der Waals surface area (Å²) in [6, 6.07) is 1.58. The maximum absolute atomic E-state index is 12.1. The molecule has 1 atom stereocenters. The number of urea groups is 1. The van der Waals surface area contributed by atoms with Gasteiger partial charge in [0.2, 0.25) is 5.28 Å². The Bertz CT molecular complexity index is 475. The molecule has 0 bridgehead atoms. The zero-order valence-corrected chi connectivity index (χ0v) is 11.7. The lowest BCUT2D eigenvalue weighted by Crippen LogP contribution is -2.48. The molecule has 18 heavy (non-hydrogen) atoms. The largest absolute Gasteiger partial charge is 0.331 e. The van der Waals surface area contributed by atoms with Crippen molar-refractivity contribution in [3.05, 3.63) is 17.5 Å². The summed E-state index contributed by atoms with van der Waals surface area (Å²) in [6.07, 6.45) is 1.56. The Morgan fingerprint density at radius 1 is 1.50 bits per heavy atom. The lowest BCUT2D eigenvalue weighted by molar-refractivity contribution is 0.248. The van der Waals surface area contributed by atoms with Crippen molar-refractivity contribution in [3.8, 4) is 0 Å². The molecule has 1 aliphatic heterocycles. The average molecular weight is 269 g/mol. The normalized spacial score (nSPS) is 22.4. The number of amides is 2. The third-order valence-electron chi connectivity index (χ3n) is 3.16. The Morgan fingerprint density at radius 3 is 2.72 bits per heavy atom. The predicted molar refractivity (Wildman–Crippen MR) is 70.8 cm³/mol. The van der Waals surface area contributed by atoms with Gasteiger partial charge in [-0.3, -0.25) is 4.90 Å². The summed E-state index contributed by atoms with van der Waals surface area (Å²) in [6.45, 7) is 8.20. The number of anilines is 1. The van der Waals surface area contributed by atoms with Crippen molar-refractivity contribution in [3.63, 3.8) is 0 Å². The molecule has 0 spiro atoms. The number of hydrogen-bond acceptors (Lipinski definition) is 3. The van der Waals surface area contributed by atoms with Gasteiger partial charge in [-0.05, 0) is 37.4 Å². The van der Waals surface area contributed by atoms with Crippen molar-refractivity contribution in [2.24, 2.45) is 5.92 Å². The van der Waals surface area contributed by atoms with Crippen LogP contribution in [0.2, 0.25) is 5.28 Å². The maximum atomic E-state index is 12.1. The number of nitrogens with one attached hydrogen (secondary N) is 1. The highest BCUT2D eigenvalue weighted by molar-refractivity contribution is 6.28. The molecule has 6 heteroatoms. The van der Waals surface area contributed by atoms with Gasteiger partial charge in [0, 0.05) is 6.20 Å². The van der Waals surface area contributed by atoms with Crippen LogP contribution in [0.5, 0.6) is 0 Å². The molecule has 0 radical (unpaired) electrons. The van der Waals surface area contributed by atoms with Gasteiger partial charge in [0.25, 0.3) is 0 Å². The third-order valence-corrected chi connectivity index (χ3v) is 3.34. The van der Waals surface area contributed by atoms with E-state index in [0.29, 0.717) is 11.7 Å². The molecule has 1 fully saturated rings. The first kappa shape index (κ1) is 13.1. The number of hydrogen-bond donors (Lipinski definition) is 1. The maximum Gasteiger partial charge on any atom is 0.323 e. The van der Waals surface area contributed by atoms with Gasteiger partial charge in [-0.1, -0.05) is 13.8 Å².